The number of carboxylic acid groups (broad SMARTS) is 1. The summed E-state index contributed by atoms with van der Waals surface area (Å²) in [5.41, 5.74) is 1.05. The number of carboxylic acids is 1. The Kier molecular flexibility index (Phi) is 7.30. The Bertz CT molecular complexity index is 1560. The van der Waals surface area contributed by atoms with E-state index in [-0.39, 0.29) is 18.7 Å². The Morgan fingerprint density at radius 2 is 1.81 bits per heavy atom. The van der Waals surface area contributed by atoms with Crippen molar-refractivity contribution in [1.82, 2.24) is 19.1 Å². The summed E-state index contributed by atoms with van der Waals surface area (Å²) in [6.07, 6.45) is 1.73. The third-order valence-electron chi connectivity index (χ3n) is 5.40. The van der Waals surface area contributed by atoms with Crippen LogP contribution < -0.4 is 21.7 Å². The van der Waals surface area contributed by atoms with E-state index < -0.39 is 23.3 Å². The summed E-state index contributed by atoms with van der Waals surface area (Å²) in [5.74, 6) is -1.45. The number of aliphatic carboxylic acids is 1. The van der Waals surface area contributed by atoms with Crippen molar-refractivity contribution in [1.29, 1.82) is 0 Å². The van der Waals surface area contributed by atoms with Crippen molar-refractivity contribution in [2.75, 3.05) is 0 Å². The van der Waals surface area contributed by atoms with Gasteiger partial charge in [-0.15, -0.1) is 0 Å². The lowest BCUT2D eigenvalue weighted by molar-refractivity contribution is -0.141. The van der Waals surface area contributed by atoms with Crippen molar-refractivity contribution >= 4 is 23.0 Å². The van der Waals surface area contributed by atoms with E-state index in [2.05, 4.69) is 15.0 Å². The van der Waals surface area contributed by atoms with E-state index in [1.807, 2.05) is 38.1 Å². The monoisotopic (exact) mass is 507 g/mol. The molecule has 0 fully saturated rings. The molecule has 0 aliphatic carbocycles. The molecule has 0 aliphatic rings. The molecule has 0 bridgehead atoms. The van der Waals surface area contributed by atoms with Gasteiger partial charge in [0.15, 0.2) is 0 Å². The Labute approximate surface area is 209 Å². The quantitative estimate of drug-likeness (QED) is 0.376. The number of nitrogens with one attached hydrogen (secondary N) is 1. The molecular formula is C25H25N5O5S. The molecule has 2 aromatic heterocycles. The van der Waals surface area contributed by atoms with E-state index in [9.17, 15) is 19.5 Å². The number of H-pyrrole nitrogens is 1. The number of nitrogens with zero attached hydrogens (tertiary/aromatic N) is 4. The molecule has 2 aromatic carbocycles. The summed E-state index contributed by atoms with van der Waals surface area (Å²) in [4.78, 5) is 49.7. The van der Waals surface area contributed by atoms with Gasteiger partial charge >= 0.3 is 17.3 Å². The van der Waals surface area contributed by atoms with Crippen molar-refractivity contribution in [3.05, 3.63) is 97.3 Å². The Morgan fingerprint density at radius 1 is 1.11 bits per heavy atom. The first-order valence-corrected chi connectivity index (χ1v) is 12.0. The van der Waals surface area contributed by atoms with E-state index in [0.29, 0.717) is 16.6 Å². The second kappa shape index (κ2) is 10.6. The second-order valence-electron chi connectivity index (χ2n) is 8.40. The van der Waals surface area contributed by atoms with Gasteiger partial charge in [-0.05, 0) is 43.7 Å². The maximum atomic E-state index is 13.3. The predicted octanol–water partition coefficient (Wildman–Crippen LogP) is 3.21. The number of hydrogen-bond donors (Lipinski definition) is 2. The van der Waals surface area contributed by atoms with Gasteiger partial charge in [-0.3, -0.25) is 14.3 Å². The fourth-order valence-electron chi connectivity index (χ4n) is 3.37. The first-order chi connectivity index (χ1) is 17.2. The van der Waals surface area contributed by atoms with Gasteiger partial charge in [0.05, 0.1) is 18.2 Å². The van der Waals surface area contributed by atoms with E-state index in [1.165, 1.54) is 22.8 Å². The molecule has 0 unspecified atom stereocenters. The summed E-state index contributed by atoms with van der Waals surface area (Å²) in [6.45, 7) is 5.21. The summed E-state index contributed by atoms with van der Waals surface area (Å²) in [7, 11) is 0. The van der Waals surface area contributed by atoms with Gasteiger partial charge in [0, 0.05) is 17.6 Å². The van der Waals surface area contributed by atoms with Crippen LogP contribution in [0.15, 0.2) is 69.3 Å². The molecule has 11 heteroatoms. The zero-order valence-corrected chi connectivity index (χ0v) is 20.8. The molecule has 186 valence electrons. The van der Waals surface area contributed by atoms with Gasteiger partial charge in [-0.1, -0.05) is 48.1 Å². The zero-order chi connectivity index (χ0) is 25.8. The number of rotatable bonds is 8. The highest BCUT2D eigenvalue weighted by atomic mass is 32.1. The molecule has 0 spiro atoms. The molecule has 1 atom stereocenters. The van der Waals surface area contributed by atoms with Crippen molar-refractivity contribution < 1.29 is 14.6 Å². The predicted molar refractivity (Wildman–Crippen MR) is 135 cm³/mol. The van der Waals surface area contributed by atoms with Crippen LogP contribution in [0.4, 0.5) is 5.69 Å². The first-order valence-electron chi connectivity index (χ1n) is 11.2. The van der Waals surface area contributed by atoms with Crippen molar-refractivity contribution in [2.24, 2.45) is 10.9 Å². The molecule has 36 heavy (non-hydrogen) atoms. The van der Waals surface area contributed by atoms with Crippen LogP contribution in [-0.2, 0) is 17.9 Å². The average Bonchev–Trinajstić information content (AvgIpc) is 3.25. The standard InChI is InChI=1S/C25H25N5O5S/c1-15-4-6-18(7-5-15)14-29-22(28-23(33)30(25(29)34)13-16(2)21(31)32)27-19-8-10-20(11-9-19)35-24-26-12-17(3)36-24/h4-12,16H,13-14H2,1-3H3,(H,31,32)(H,27,28,33)/t16-/m0/s1. The van der Waals surface area contributed by atoms with Gasteiger partial charge in [0.2, 0.25) is 5.62 Å². The third-order valence-corrected chi connectivity index (χ3v) is 6.19. The van der Waals surface area contributed by atoms with Gasteiger partial charge in [0.1, 0.15) is 5.75 Å². The fraction of sp³-hybridized carbons (Fsp3) is 0.240. The van der Waals surface area contributed by atoms with Crippen molar-refractivity contribution in [3.8, 4) is 10.9 Å². The molecule has 4 rings (SSSR count). The number of hydrogen-bond acceptors (Lipinski definition) is 7. The third kappa shape index (κ3) is 5.87. The highest BCUT2D eigenvalue weighted by Crippen LogP contribution is 2.27. The largest absolute Gasteiger partial charge is 0.481 e. The molecule has 0 amide bonds. The van der Waals surface area contributed by atoms with E-state index in [0.717, 1.165) is 20.6 Å². The number of ether oxygens (including phenoxy) is 1. The van der Waals surface area contributed by atoms with Gasteiger partial charge < -0.3 is 9.84 Å². The van der Waals surface area contributed by atoms with Crippen molar-refractivity contribution in [2.45, 2.75) is 33.9 Å². The average molecular weight is 508 g/mol. The number of aryl methyl sites for hydroxylation is 2. The highest BCUT2D eigenvalue weighted by Gasteiger charge is 2.17. The molecule has 0 saturated heterocycles. The molecule has 2 heterocycles. The molecule has 0 aliphatic heterocycles. The van der Waals surface area contributed by atoms with Crippen LogP contribution in [0.25, 0.3) is 0 Å². The number of aromatic amines is 1. The van der Waals surface area contributed by atoms with Crippen LogP contribution >= 0.6 is 11.3 Å². The van der Waals surface area contributed by atoms with Gasteiger partial charge in [-0.25, -0.2) is 24.1 Å². The van der Waals surface area contributed by atoms with Crippen LogP contribution in [0.5, 0.6) is 10.9 Å². The minimum Gasteiger partial charge on any atom is -0.481 e. The molecule has 10 nitrogen and oxygen atoms in total. The van der Waals surface area contributed by atoms with Crippen LogP contribution in [0.2, 0.25) is 0 Å². The lowest BCUT2D eigenvalue weighted by atomic mass is 10.1. The molecule has 0 radical (unpaired) electrons. The maximum Gasteiger partial charge on any atom is 0.335 e. The normalized spacial score (nSPS) is 12.5. The lowest BCUT2D eigenvalue weighted by Crippen LogP contribution is -2.51. The number of thiazole rings is 1. The Morgan fingerprint density at radius 3 is 2.42 bits per heavy atom. The summed E-state index contributed by atoms with van der Waals surface area (Å²) < 4.78 is 7.94. The minimum absolute atomic E-state index is 0.0500. The Hall–Kier alpha value is -4.25. The minimum atomic E-state index is -1.10. The van der Waals surface area contributed by atoms with Crippen LogP contribution in [-0.4, -0.2) is 30.2 Å². The fourth-order valence-corrected chi connectivity index (χ4v) is 3.99. The molecule has 0 saturated carbocycles. The second-order valence-corrected chi connectivity index (χ2v) is 9.60. The van der Waals surface area contributed by atoms with E-state index in [1.54, 1.807) is 30.5 Å². The van der Waals surface area contributed by atoms with Crippen LogP contribution in [0.1, 0.15) is 22.9 Å². The highest BCUT2D eigenvalue weighted by molar-refractivity contribution is 7.13. The molecular weight excluding hydrogens is 482 g/mol. The summed E-state index contributed by atoms with van der Waals surface area (Å²) >= 11 is 1.43. The van der Waals surface area contributed by atoms with Crippen LogP contribution in [0, 0.1) is 19.8 Å². The molecule has 4 aromatic rings. The lowest BCUT2D eigenvalue weighted by Gasteiger charge is -2.13. The van der Waals surface area contributed by atoms with Gasteiger partial charge in [0.25, 0.3) is 5.19 Å². The first kappa shape index (κ1) is 24.9. The maximum absolute atomic E-state index is 13.3. The zero-order valence-electron chi connectivity index (χ0n) is 20.0. The number of carbonyl (C=O) groups is 1. The van der Waals surface area contributed by atoms with Crippen LogP contribution in [0.3, 0.4) is 0 Å². The smallest absolute Gasteiger partial charge is 0.335 e. The SMILES string of the molecule is Cc1ccc(Cn2c(=O)n(C[C@H](C)C(=O)O)c(=O)[nH]/c2=N\c2ccc(Oc3ncc(C)s3)cc2)cc1. The Balaban J connectivity index is 1.74. The van der Waals surface area contributed by atoms with Crippen molar-refractivity contribution in [3.63, 3.8) is 0 Å². The number of aromatic nitrogens is 4. The van der Waals surface area contributed by atoms with E-state index >= 15 is 0 Å². The van der Waals surface area contributed by atoms with Gasteiger partial charge in [-0.2, -0.15) is 0 Å². The van der Waals surface area contributed by atoms with E-state index in [4.69, 9.17) is 4.74 Å². The topological polar surface area (TPSA) is 132 Å². The molecule has 2 N–H and O–H groups in total. The summed E-state index contributed by atoms with van der Waals surface area (Å²) in [6, 6.07) is 14.4. The summed E-state index contributed by atoms with van der Waals surface area (Å²) in [5, 5.41) is 9.78. The number of benzene rings is 2.